The van der Waals surface area contributed by atoms with Gasteiger partial charge >= 0.3 is 24.0 Å². The number of benzene rings is 1. The van der Waals surface area contributed by atoms with Crippen LogP contribution < -0.4 is 5.32 Å². The van der Waals surface area contributed by atoms with Gasteiger partial charge in [-0.3, -0.25) is 9.59 Å². The molecule has 0 saturated heterocycles. The van der Waals surface area contributed by atoms with Crippen molar-refractivity contribution in [2.75, 3.05) is 13.2 Å². The topological polar surface area (TPSA) is 117 Å². The van der Waals surface area contributed by atoms with E-state index in [9.17, 15) is 19.2 Å². The Labute approximate surface area is 182 Å². The quantitative estimate of drug-likeness (QED) is 0.337. The molecule has 0 aromatic heterocycles. The van der Waals surface area contributed by atoms with Crippen molar-refractivity contribution in [3.05, 3.63) is 35.9 Å². The Morgan fingerprint density at radius 3 is 2.23 bits per heavy atom. The van der Waals surface area contributed by atoms with Crippen molar-refractivity contribution in [3.63, 3.8) is 0 Å². The van der Waals surface area contributed by atoms with Crippen LogP contribution in [-0.4, -0.2) is 48.9 Å². The zero-order valence-corrected chi connectivity index (χ0v) is 18.6. The van der Waals surface area contributed by atoms with Crippen molar-refractivity contribution in [2.45, 2.75) is 65.3 Å². The van der Waals surface area contributed by atoms with Crippen molar-refractivity contribution < 1.29 is 38.1 Å². The Hall–Kier alpha value is -3.10. The highest BCUT2D eigenvalue weighted by molar-refractivity contribution is 5.82. The fourth-order valence-corrected chi connectivity index (χ4v) is 2.30. The van der Waals surface area contributed by atoms with E-state index in [0.29, 0.717) is 0 Å². The lowest BCUT2D eigenvalue weighted by Crippen LogP contribution is -2.37. The highest BCUT2D eigenvalue weighted by Crippen LogP contribution is 2.17. The summed E-state index contributed by atoms with van der Waals surface area (Å²) in [6.07, 6.45) is -1.94. The predicted octanol–water partition coefficient (Wildman–Crippen LogP) is 3.07. The lowest BCUT2D eigenvalue weighted by molar-refractivity contribution is -0.166. The molecule has 9 nitrogen and oxygen atoms in total. The number of nitrogens with one attached hydrogen (secondary N) is 1. The van der Waals surface area contributed by atoms with Crippen LogP contribution in [0, 0.1) is 0 Å². The molecule has 31 heavy (non-hydrogen) atoms. The van der Waals surface area contributed by atoms with E-state index in [2.05, 4.69) is 5.32 Å². The van der Waals surface area contributed by atoms with Crippen molar-refractivity contribution >= 4 is 24.0 Å². The third kappa shape index (κ3) is 11.6. The zero-order chi connectivity index (χ0) is 23.4. The molecule has 1 amide bonds. The van der Waals surface area contributed by atoms with Gasteiger partial charge in [-0.25, -0.2) is 9.59 Å². The molecule has 0 radical (unpaired) electrons. The summed E-state index contributed by atoms with van der Waals surface area (Å²) in [5.74, 6) is -1.97. The Balaban J connectivity index is 2.21. The average Bonchev–Trinajstić information content (AvgIpc) is 2.68. The second-order valence-corrected chi connectivity index (χ2v) is 7.80. The van der Waals surface area contributed by atoms with Crippen molar-refractivity contribution in [1.29, 1.82) is 0 Å². The Kier molecular flexibility index (Phi) is 10.5. The molecule has 0 fully saturated rings. The van der Waals surface area contributed by atoms with Gasteiger partial charge in [-0.2, -0.15) is 0 Å². The third-order valence-electron chi connectivity index (χ3n) is 3.76. The lowest BCUT2D eigenvalue weighted by Gasteiger charge is -2.19. The van der Waals surface area contributed by atoms with Crippen LogP contribution in [0.1, 0.15) is 59.1 Å². The van der Waals surface area contributed by atoms with Gasteiger partial charge < -0.3 is 24.3 Å². The molecule has 0 heterocycles. The number of hydrogen-bond acceptors (Lipinski definition) is 8. The number of hydrogen-bond donors (Lipinski definition) is 1. The minimum atomic E-state index is -1.15. The van der Waals surface area contributed by atoms with E-state index >= 15 is 0 Å². The van der Waals surface area contributed by atoms with E-state index in [0.717, 1.165) is 5.56 Å². The van der Waals surface area contributed by atoms with Gasteiger partial charge in [0.1, 0.15) is 18.2 Å². The zero-order valence-electron chi connectivity index (χ0n) is 18.6. The maximum atomic E-state index is 11.9. The van der Waals surface area contributed by atoms with Crippen LogP contribution in [0.3, 0.4) is 0 Å². The van der Waals surface area contributed by atoms with Gasteiger partial charge in [0, 0.05) is 6.42 Å². The number of carbonyl (C=O) groups is 4. The van der Waals surface area contributed by atoms with Crippen LogP contribution in [0.2, 0.25) is 0 Å². The molecule has 1 aromatic carbocycles. The first-order valence-electron chi connectivity index (χ1n) is 10.1. The van der Waals surface area contributed by atoms with Crippen molar-refractivity contribution in [2.24, 2.45) is 0 Å². The first kappa shape index (κ1) is 25.9. The molecule has 0 saturated carbocycles. The summed E-state index contributed by atoms with van der Waals surface area (Å²) in [5.41, 5.74) is 0.191. The van der Waals surface area contributed by atoms with E-state index in [1.54, 1.807) is 27.7 Å². The summed E-state index contributed by atoms with van der Waals surface area (Å²) >= 11 is 0. The molecule has 0 spiro atoms. The SMILES string of the molecule is CC(OC(=O)CNC(=O)OC(C)(C)C)C(=O)OCCCC(=O)OC(C)c1ccccc1. The molecular weight excluding hydrogens is 406 g/mol. The molecule has 0 bridgehead atoms. The van der Waals surface area contributed by atoms with Crippen LogP contribution >= 0.6 is 0 Å². The molecule has 1 rings (SSSR count). The molecular formula is C22H31NO8. The van der Waals surface area contributed by atoms with Crippen LogP contribution in [0.25, 0.3) is 0 Å². The minimum Gasteiger partial charge on any atom is -0.463 e. The van der Waals surface area contributed by atoms with Crippen LogP contribution in [0.5, 0.6) is 0 Å². The summed E-state index contributed by atoms with van der Waals surface area (Å²) in [5, 5.41) is 2.24. The molecule has 172 valence electrons. The number of rotatable bonds is 10. The van der Waals surface area contributed by atoms with Gasteiger partial charge in [-0.1, -0.05) is 30.3 Å². The van der Waals surface area contributed by atoms with Crippen LogP contribution in [0.4, 0.5) is 4.79 Å². The second-order valence-electron chi connectivity index (χ2n) is 7.80. The highest BCUT2D eigenvalue weighted by atomic mass is 16.6. The van der Waals surface area contributed by atoms with E-state index in [1.165, 1.54) is 6.92 Å². The number of amides is 1. The summed E-state index contributed by atoms with van der Waals surface area (Å²) in [7, 11) is 0. The molecule has 2 unspecified atom stereocenters. The Morgan fingerprint density at radius 2 is 1.61 bits per heavy atom. The van der Waals surface area contributed by atoms with Crippen LogP contribution in [-0.2, 0) is 33.3 Å². The normalized spacial score (nSPS) is 12.8. The highest BCUT2D eigenvalue weighted by Gasteiger charge is 2.21. The standard InChI is InChI=1S/C22H31NO8/c1-15(17-10-7-6-8-11-17)29-18(24)12-9-13-28-20(26)16(2)30-19(25)14-23-21(27)31-22(3,4)5/h6-8,10-11,15-16H,9,12-14H2,1-5H3,(H,23,27). The molecule has 0 aliphatic rings. The molecule has 0 aliphatic heterocycles. The molecule has 1 aromatic rings. The summed E-state index contributed by atoms with van der Waals surface area (Å²) in [6.45, 7) is 7.72. The van der Waals surface area contributed by atoms with Gasteiger partial charge in [-0.15, -0.1) is 0 Å². The van der Waals surface area contributed by atoms with Gasteiger partial charge in [0.2, 0.25) is 0 Å². The Morgan fingerprint density at radius 1 is 0.968 bits per heavy atom. The maximum absolute atomic E-state index is 11.9. The maximum Gasteiger partial charge on any atom is 0.408 e. The minimum absolute atomic E-state index is 0.0221. The van der Waals surface area contributed by atoms with Gasteiger partial charge in [0.25, 0.3) is 0 Å². The van der Waals surface area contributed by atoms with Crippen LogP contribution in [0.15, 0.2) is 30.3 Å². The third-order valence-corrected chi connectivity index (χ3v) is 3.76. The van der Waals surface area contributed by atoms with Gasteiger partial charge in [0.15, 0.2) is 6.10 Å². The van der Waals surface area contributed by atoms with E-state index in [-0.39, 0.29) is 25.6 Å². The van der Waals surface area contributed by atoms with Crippen molar-refractivity contribution in [1.82, 2.24) is 5.32 Å². The first-order valence-corrected chi connectivity index (χ1v) is 10.1. The van der Waals surface area contributed by atoms with Gasteiger partial charge in [-0.05, 0) is 46.6 Å². The second kappa shape index (κ2) is 12.6. The number of alkyl carbamates (subject to hydrolysis) is 1. The van der Waals surface area contributed by atoms with E-state index in [4.69, 9.17) is 18.9 Å². The van der Waals surface area contributed by atoms with Gasteiger partial charge in [0.05, 0.1) is 6.61 Å². The summed E-state index contributed by atoms with van der Waals surface area (Å²) in [4.78, 5) is 47.0. The monoisotopic (exact) mass is 437 g/mol. The molecule has 0 aliphatic carbocycles. The molecule has 2 atom stereocenters. The largest absolute Gasteiger partial charge is 0.463 e. The molecule has 1 N–H and O–H groups in total. The lowest BCUT2D eigenvalue weighted by atomic mass is 10.1. The first-order chi connectivity index (χ1) is 14.5. The van der Waals surface area contributed by atoms with Crippen molar-refractivity contribution in [3.8, 4) is 0 Å². The fraction of sp³-hybridized carbons (Fsp3) is 0.545. The number of esters is 3. The number of ether oxygens (including phenoxy) is 4. The van der Waals surface area contributed by atoms with E-state index < -0.39 is 42.3 Å². The predicted molar refractivity (Wildman–Crippen MR) is 111 cm³/mol. The fourth-order valence-electron chi connectivity index (χ4n) is 2.30. The summed E-state index contributed by atoms with van der Waals surface area (Å²) < 4.78 is 20.2. The molecule has 9 heteroatoms. The van der Waals surface area contributed by atoms with E-state index in [1.807, 2.05) is 30.3 Å². The average molecular weight is 437 g/mol. The smallest absolute Gasteiger partial charge is 0.408 e. The Bertz CT molecular complexity index is 742. The summed E-state index contributed by atoms with van der Waals surface area (Å²) in [6, 6.07) is 9.33. The number of carbonyl (C=O) groups excluding carboxylic acids is 4.